The number of piperazine rings is 1. The molecule has 0 unspecified atom stereocenters. The van der Waals surface area contributed by atoms with Crippen molar-refractivity contribution in [2.75, 3.05) is 31.1 Å². The molecule has 1 amide bonds. The number of aromatic nitrogens is 2. The van der Waals surface area contributed by atoms with E-state index < -0.39 is 12.1 Å². The topological polar surface area (TPSA) is 75.6 Å². The molecule has 7 nitrogen and oxygen atoms in total. The molecule has 3 rings (SSSR count). The van der Waals surface area contributed by atoms with E-state index in [9.17, 15) is 9.59 Å². The number of carbonyl (C=O) groups excluding carboxylic acids is 2. The number of benzene rings is 1. The molecule has 0 saturated carbocycles. The zero-order valence-electron chi connectivity index (χ0n) is 14.9. The van der Waals surface area contributed by atoms with E-state index in [0.717, 1.165) is 30.3 Å². The number of para-hydroxylation sites is 1. The van der Waals surface area contributed by atoms with Crippen LogP contribution in [0.25, 0.3) is 0 Å². The van der Waals surface area contributed by atoms with Crippen LogP contribution in [0, 0.1) is 0 Å². The number of anilines is 1. The number of hydrogen-bond acceptors (Lipinski definition) is 7. The zero-order valence-corrected chi connectivity index (χ0v) is 15.7. The standard InChI is InChI=1S/C18H22N4O3S/c1-3-15-16(26-20-19-15)18(24)25-13(2)17(23)22-11-9-21(10-12-22)14-7-5-4-6-8-14/h4-8,13H,3,9-12H2,1-2H3/t13-/m0/s1. The van der Waals surface area contributed by atoms with Crippen molar-refractivity contribution in [3.63, 3.8) is 0 Å². The monoisotopic (exact) mass is 374 g/mol. The minimum Gasteiger partial charge on any atom is -0.448 e. The maximum atomic E-state index is 12.6. The number of ether oxygens (including phenoxy) is 1. The summed E-state index contributed by atoms with van der Waals surface area (Å²) in [6, 6.07) is 10.1. The second-order valence-electron chi connectivity index (χ2n) is 6.10. The summed E-state index contributed by atoms with van der Waals surface area (Å²) in [7, 11) is 0. The lowest BCUT2D eigenvalue weighted by Crippen LogP contribution is -2.51. The summed E-state index contributed by atoms with van der Waals surface area (Å²) in [5.74, 6) is -0.692. The van der Waals surface area contributed by atoms with E-state index in [1.165, 1.54) is 0 Å². The molecule has 2 heterocycles. The predicted octanol–water partition coefficient (Wildman–Crippen LogP) is 1.99. The average Bonchev–Trinajstić information content (AvgIpc) is 3.17. The highest BCUT2D eigenvalue weighted by Crippen LogP contribution is 2.17. The van der Waals surface area contributed by atoms with Crippen LogP contribution in [0.5, 0.6) is 0 Å². The zero-order chi connectivity index (χ0) is 18.5. The largest absolute Gasteiger partial charge is 0.448 e. The number of nitrogens with zero attached hydrogens (tertiary/aromatic N) is 4. The molecule has 0 aliphatic carbocycles. The fraction of sp³-hybridized carbons (Fsp3) is 0.444. The predicted molar refractivity (Wildman–Crippen MR) is 99.4 cm³/mol. The molecular weight excluding hydrogens is 352 g/mol. The molecule has 1 atom stereocenters. The Morgan fingerprint density at radius 3 is 2.54 bits per heavy atom. The van der Waals surface area contributed by atoms with Gasteiger partial charge in [0.2, 0.25) is 0 Å². The number of rotatable bonds is 5. The molecule has 1 aliphatic heterocycles. The van der Waals surface area contributed by atoms with Crippen molar-refractivity contribution in [2.45, 2.75) is 26.4 Å². The molecule has 1 aromatic carbocycles. The van der Waals surface area contributed by atoms with Crippen LogP contribution in [0.4, 0.5) is 5.69 Å². The molecular formula is C18H22N4O3S. The molecule has 138 valence electrons. The number of esters is 1. The normalized spacial score (nSPS) is 15.6. The Hall–Kier alpha value is -2.48. The van der Waals surface area contributed by atoms with E-state index >= 15 is 0 Å². The van der Waals surface area contributed by atoms with Gasteiger partial charge >= 0.3 is 5.97 Å². The first-order chi connectivity index (χ1) is 12.6. The molecule has 2 aromatic rings. The van der Waals surface area contributed by atoms with Gasteiger partial charge in [0.1, 0.15) is 0 Å². The Bertz CT molecular complexity index is 757. The van der Waals surface area contributed by atoms with Crippen LogP contribution in [-0.2, 0) is 16.0 Å². The summed E-state index contributed by atoms with van der Waals surface area (Å²) in [5, 5.41) is 3.90. The number of amides is 1. The molecule has 26 heavy (non-hydrogen) atoms. The van der Waals surface area contributed by atoms with E-state index in [2.05, 4.69) is 26.6 Å². The maximum Gasteiger partial charge on any atom is 0.352 e. The molecule has 0 spiro atoms. The highest BCUT2D eigenvalue weighted by Gasteiger charge is 2.28. The van der Waals surface area contributed by atoms with Gasteiger partial charge in [-0.3, -0.25) is 4.79 Å². The van der Waals surface area contributed by atoms with Crippen molar-refractivity contribution in [3.8, 4) is 0 Å². The summed E-state index contributed by atoms with van der Waals surface area (Å²) >= 11 is 1.00. The second-order valence-corrected chi connectivity index (χ2v) is 6.85. The Morgan fingerprint density at radius 2 is 1.88 bits per heavy atom. The lowest BCUT2D eigenvalue weighted by molar-refractivity contribution is -0.140. The van der Waals surface area contributed by atoms with Gasteiger partial charge in [-0.25, -0.2) is 4.79 Å². The van der Waals surface area contributed by atoms with Gasteiger partial charge in [0, 0.05) is 31.9 Å². The van der Waals surface area contributed by atoms with Crippen molar-refractivity contribution in [3.05, 3.63) is 40.9 Å². The van der Waals surface area contributed by atoms with Crippen LogP contribution in [0.1, 0.15) is 29.2 Å². The fourth-order valence-electron chi connectivity index (χ4n) is 2.94. The van der Waals surface area contributed by atoms with Gasteiger partial charge in [-0.05, 0) is 37.0 Å². The third-order valence-corrected chi connectivity index (χ3v) is 5.17. The van der Waals surface area contributed by atoms with E-state index in [0.29, 0.717) is 30.1 Å². The molecule has 0 bridgehead atoms. The van der Waals surface area contributed by atoms with Crippen LogP contribution in [0.2, 0.25) is 0 Å². The Balaban J connectivity index is 1.54. The third-order valence-electron chi connectivity index (χ3n) is 4.42. The summed E-state index contributed by atoms with van der Waals surface area (Å²) in [6.07, 6.45) is -0.220. The van der Waals surface area contributed by atoms with Gasteiger partial charge in [-0.15, -0.1) is 5.10 Å². The maximum absolute atomic E-state index is 12.6. The first-order valence-corrected chi connectivity index (χ1v) is 9.48. The molecule has 1 saturated heterocycles. The van der Waals surface area contributed by atoms with E-state index in [1.54, 1.807) is 11.8 Å². The van der Waals surface area contributed by atoms with Gasteiger partial charge in [0.25, 0.3) is 5.91 Å². The smallest absolute Gasteiger partial charge is 0.352 e. The van der Waals surface area contributed by atoms with Gasteiger partial charge in [-0.1, -0.05) is 29.6 Å². The van der Waals surface area contributed by atoms with E-state index in [4.69, 9.17) is 4.74 Å². The van der Waals surface area contributed by atoms with E-state index in [-0.39, 0.29) is 5.91 Å². The van der Waals surface area contributed by atoms with Gasteiger partial charge in [-0.2, -0.15) is 0 Å². The van der Waals surface area contributed by atoms with Gasteiger partial charge in [0.15, 0.2) is 11.0 Å². The molecule has 1 aliphatic rings. The van der Waals surface area contributed by atoms with Crippen LogP contribution in [0.15, 0.2) is 30.3 Å². The summed E-state index contributed by atoms with van der Waals surface area (Å²) < 4.78 is 9.13. The van der Waals surface area contributed by atoms with Gasteiger partial charge in [0.05, 0.1) is 5.69 Å². The SMILES string of the molecule is CCc1nnsc1C(=O)O[C@@H](C)C(=O)N1CCN(c2ccccc2)CC1. The molecule has 0 radical (unpaired) electrons. The Morgan fingerprint density at radius 1 is 1.19 bits per heavy atom. The molecule has 1 fully saturated rings. The number of carbonyl (C=O) groups is 2. The Kier molecular flexibility index (Phi) is 5.82. The van der Waals surface area contributed by atoms with E-state index in [1.807, 2.05) is 25.1 Å². The van der Waals surface area contributed by atoms with Crippen LogP contribution in [0.3, 0.4) is 0 Å². The van der Waals surface area contributed by atoms with Crippen molar-refractivity contribution < 1.29 is 14.3 Å². The van der Waals surface area contributed by atoms with Crippen molar-refractivity contribution in [2.24, 2.45) is 0 Å². The van der Waals surface area contributed by atoms with Crippen molar-refractivity contribution in [1.29, 1.82) is 0 Å². The van der Waals surface area contributed by atoms with Crippen molar-refractivity contribution >= 4 is 29.1 Å². The van der Waals surface area contributed by atoms with Crippen molar-refractivity contribution in [1.82, 2.24) is 14.5 Å². The average molecular weight is 374 g/mol. The highest BCUT2D eigenvalue weighted by molar-refractivity contribution is 7.07. The molecule has 1 aromatic heterocycles. The van der Waals surface area contributed by atoms with Crippen LogP contribution in [-0.4, -0.2) is 58.6 Å². The molecule has 8 heteroatoms. The van der Waals surface area contributed by atoms with Crippen LogP contribution < -0.4 is 4.90 Å². The number of hydrogen-bond donors (Lipinski definition) is 0. The minimum absolute atomic E-state index is 0.165. The fourth-order valence-corrected chi connectivity index (χ4v) is 3.57. The first kappa shape index (κ1) is 18.3. The highest BCUT2D eigenvalue weighted by atomic mass is 32.1. The lowest BCUT2D eigenvalue weighted by Gasteiger charge is -2.37. The minimum atomic E-state index is -0.822. The van der Waals surface area contributed by atoms with Gasteiger partial charge < -0.3 is 14.5 Å². The lowest BCUT2D eigenvalue weighted by atomic mass is 10.2. The third kappa shape index (κ3) is 4.01. The quantitative estimate of drug-likeness (QED) is 0.745. The summed E-state index contributed by atoms with van der Waals surface area (Å²) in [6.45, 7) is 6.25. The summed E-state index contributed by atoms with van der Waals surface area (Å²) in [4.78, 5) is 29.2. The number of aryl methyl sites for hydroxylation is 1. The summed E-state index contributed by atoms with van der Waals surface area (Å²) in [5.41, 5.74) is 1.76. The second kappa shape index (κ2) is 8.27. The Labute approximate surface area is 156 Å². The molecule has 0 N–H and O–H groups in total. The van der Waals surface area contributed by atoms with Crippen LogP contribution >= 0.6 is 11.5 Å². The first-order valence-electron chi connectivity index (χ1n) is 8.71.